The minimum absolute atomic E-state index is 0.0241. The third-order valence-electron chi connectivity index (χ3n) is 13.4. The van der Waals surface area contributed by atoms with Crippen molar-refractivity contribution in [3.63, 3.8) is 0 Å². The predicted molar refractivity (Wildman–Crippen MR) is 272 cm³/mol. The Balaban J connectivity index is 0.000000125. The van der Waals surface area contributed by atoms with Gasteiger partial charge in [-0.2, -0.15) is 0 Å². The fraction of sp³-hybridized carbons (Fsp3) is 0.231. The zero-order valence-corrected chi connectivity index (χ0v) is 40.6. The smallest absolute Gasteiger partial charge is 0.399 e. The summed E-state index contributed by atoms with van der Waals surface area (Å²) in [6.45, 7) is 16.9. The van der Waals surface area contributed by atoms with Crippen LogP contribution in [-0.2, 0) is 20.1 Å². The lowest BCUT2D eigenvalue weighted by Gasteiger charge is -2.32. The highest BCUT2D eigenvalue weighted by molar-refractivity contribution is 14.1. The standard InChI is InChI=1S/C23H17NO2S.C17H13IS.C12H16BNO4/c1-23(2)18-12-5-3-9-16(18)22-20(23)17-11-7-10-15(21(17)27-22)14-8-4-6-13-19(14)24(25)26;1-17(2)12-8-4-3-6-10(12)16-14(17)11-7-5-9-13(18)15(11)19-16;1-11(2)12(3,4)18-13(17-11)9-7-5-6-8-10(9)14(15)16/h3-13H,1-2H3;3-9H,1-2H3;5-8H,1-4H3. The Morgan fingerprint density at radius 3 is 1.47 bits per heavy atom. The van der Waals surface area contributed by atoms with Crippen LogP contribution in [0, 0.1) is 23.8 Å². The molecule has 1 fully saturated rings. The van der Waals surface area contributed by atoms with Gasteiger partial charge in [0.25, 0.3) is 11.4 Å². The largest absolute Gasteiger partial charge is 0.501 e. The lowest BCUT2D eigenvalue weighted by molar-refractivity contribution is -0.384. The fourth-order valence-corrected chi connectivity index (χ4v) is 13.2. The van der Waals surface area contributed by atoms with E-state index in [1.165, 1.54) is 68.2 Å². The first kappa shape index (κ1) is 44.0. The predicted octanol–water partition coefficient (Wildman–Crippen LogP) is 14.5. The monoisotopic (exact) mass is 996 g/mol. The van der Waals surface area contributed by atoms with E-state index in [1.54, 1.807) is 41.7 Å². The second-order valence-corrected chi connectivity index (χ2v) is 21.6. The Bertz CT molecular complexity index is 3170. The molecule has 322 valence electrons. The molecule has 1 aliphatic heterocycles. The molecule has 2 aliphatic carbocycles. The molecule has 0 atom stereocenters. The van der Waals surface area contributed by atoms with Gasteiger partial charge in [-0.05, 0) is 107 Å². The quantitative estimate of drug-likeness (QED) is 0.0753. The molecule has 8 nitrogen and oxygen atoms in total. The molecule has 64 heavy (non-hydrogen) atoms. The summed E-state index contributed by atoms with van der Waals surface area (Å²) in [4.78, 5) is 24.6. The molecule has 0 N–H and O–H groups in total. The van der Waals surface area contributed by atoms with Gasteiger partial charge in [0.2, 0.25) is 0 Å². The van der Waals surface area contributed by atoms with Crippen LogP contribution < -0.4 is 5.46 Å². The number of nitro benzene ring substituents is 2. The number of halogens is 1. The van der Waals surface area contributed by atoms with Gasteiger partial charge in [-0.25, -0.2) is 0 Å². The summed E-state index contributed by atoms with van der Waals surface area (Å²) in [7, 11) is -0.698. The molecule has 1 saturated heterocycles. The van der Waals surface area contributed by atoms with E-state index in [-0.39, 0.29) is 27.1 Å². The third-order valence-corrected chi connectivity index (χ3v) is 17.2. The molecule has 3 aliphatic rings. The zero-order valence-electron chi connectivity index (χ0n) is 36.8. The Morgan fingerprint density at radius 2 is 0.922 bits per heavy atom. The fourth-order valence-electron chi connectivity index (χ4n) is 9.44. The average Bonchev–Trinajstić information content (AvgIpc) is 4.02. The van der Waals surface area contributed by atoms with Crippen LogP contribution in [0.3, 0.4) is 0 Å². The van der Waals surface area contributed by atoms with Crippen molar-refractivity contribution in [1.82, 2.24) is 0 Å². The summed E-state index contributed by atoms with van der Waals surface area (Å²) in [5.41, 5.74) is 9.69. The molecule has 8 aromatic rings. The first-order chi connectivity index (χ1) is 30.3. The molecular weight excluding hydrogens is 950 g/mol. The van der Waals surface area contributed by atoms with Crippen LogP contribution in [-0.4, -0.2) is 28.2 Å². The van der Waals surface area contributed by atoms with Crippen LogP contribution in [0.25, 0.3) is 52.2 Å². The Hall–Kier alpha value is -5.25. The molecule has 0 spiro atoms. The molecule has 0 saturated carbocycles. The number of fused-ring (bicyclic) bond motifs is 10. The number of nitro groups is 2. The van der Waals surface area contributed by atoms with Gasteiger partial charge in [0, 0.05) is 51.3 Å². The summed E-state index contributed by atoms with van der Waals surface area (Å²) >= 11 is 6.15. The number of para-hydroxylation sites is 2. The molecule has 6 aromatic carbocycles. The van der Waals surface area contributed by atoms with E-state index in [1.807, 2.05) is 63.3 Å². The summed E-state index contributed by atoms with van der Waals surface area (Å²) in [5, 5.41) is 25.2. The minimum Gasteiger partial charge on any atom is -0.399 e. The van der Waals surface area contributed by atoms with E-state index in [0.717, 1.165) is 10.3 Å². The van der Waals surface area contributed by atoms with Gasteiger partial charge < -0.3 is 9.31 Å². The molecule has 2 aromatic heterocycles. The lowest BCUT2D eigenvalue weighted by atomic mass is 9.78. The highest BCUT2D eigenvalue weighted by Crippen LogP contribution is 2.57. The van der Waals surface area contributed by atoms with Crippen LogP contribution in [0.5, 0.6) is 0 Å². The highest BCUT2D eigenvalue weighted by Gasteiger charge is 2.53. The van der Waals surface area contributed by atoms with Gasteiger partial charge in [0.05, 0.1) is 32.1 Å². The zero-order chi connectivity index (χ0) is 45.5. The molecule has 12 heteroatoms. The lowest BCUT2D eigenvalue weighted by Crippen LogP contribution is -2.41. The third kappa shape index (κ3) is 7.09. The van der Waals surface area contributed by atoms with E-state index in [9.17, 15) is 20.2 Å². The van der Waals surface area contributed by atoms with Crippen LogP contribution in [0.1, 0.15) is 77.6 Å². The normalized spacial score (nSPS) is 16.5. The second kappa shape index (κ2) is 16.0. The van der Waals surface area contributed by atoms with Crippen molar-refractivity contribution >= 4 is 89.4 Å². The van der Waals surface area contributed by atoms with Crippen molar-refractivity contribution in [3.05, 3.63) is 180 Å². The van der Waals surface area contributed by atoms with Crippen molar-refractivity contribution in [2.24, 2.45) is 0 Å². The maximum Gasteiger partial charge on any atom is 0.501 e. The second-order valence-electron chi connectivity index (χ2n) is 18.4. The summed E-state index contributed by atoms with van der Waals surface area (Å²) in [5.74, 6) is 0. The van der Waals surface area contributed by atoms with E-state index >= 15 is 0 Å². The number of thiophene rings is 2. The van der Waals surface area contributed by atoms with Crippen molar-refractivity contribution in [1.29, 1.82) is 0 Å². The number of hydrogen-bond donors (Lipinski definition) is 0. The molecule has 0 bridgehead atoms. The first-order valence-electron chi connectivity index (χ1n) is 21.1. The molecule has 11 rings (SSSR count). The summed E-state index contributed by atoms with van der Waals surface area (Å²) in [6.07, 6.45) is 0. The maximum atomic E-state index is 11.5. The van der Waals surface area contributed by atoms with E-state index in [4.69, 9.17) is 9.31 Å². The topological polar surface area (TPSA) is 105 Å². The van der Waals surface area contributed by atoms with Gasteiger partial charge in [-0.3, -0.25) is 20.2 Å². The first-order valence-corrected chi connectivity index (χ1v) is 23.9. The van der Waals surface area contributed by atoms with Crippen LogP contribution >= 0.6 is 45.3 Å². The molecule has 3 heterocycles. The van der Waals surface area contributed by atoms with Gasteiger partial charge in [-0.1, -0.05) is 137 Å². The van der Waals surface area contributed by atoms with Crippen molar-refractivity contribution < 1.29 is 19.2 Å². The Morgan fingerprint density at radius 1 is 0.500 bits per heavy atom. The van der Waals surface area contributed by atoms with Crippen LogP contribution in [0.2, 0.25) is 0 Å². The molecule has 0 amide bonds. The van der Waals surface area contributed by atoms with Crippen molar-refractivity contribution in [3.8, 4) is 32.0 Å². The maximum absolute atomic E-state index is 11.5. The van der Waals surface area contributed by atoms with E-state index in [0.29, 0.717) is 11.0 Å². The summed E-state index contributed by atoms with van der Waals surface area (Å²) < 4.78 is 15.6. The average molecular weight is 997 g/mol. The summed E-state index contributed by atoms with van der Waals surface area (Å²) in [6, 6.07) is 43.7. The van der Waals surface area contributed by atoms with Crippen LogP contribution in [0.4, 0.5) is 11.4 Å². The number of nitrogens with zero attached hydrogens (tertiary/aromatic N) is 2. The molecule has 0 radical (unpaired) electrons. The minimum atomic E-state index is -0.698. The SMILES string of the molecule is CC1(C)OB(c2ccccc2[N+](=O)[O-])OC1(C)C.CC1(C)c2ccccc2-c2sc3c(-c4ccccc4[N+](=O)[O-])cccc3c21.CC1(C)c2ccccc2-c2sc3c(I)cccc3c21. The van der Waals surface area contributed by atoms with E-state index in [2.05, 4.69) is 123 Å². The molecule has 0 unspecified atom stereocenters. The van der Waals surface area contributed by atoms with Gasteiger partial charge in [0.15, 0.2) is 0 Å². The highest BCUT2D eigenvalue weighted by atomic mass is 127. The van der Waals surface area contributed by atoms with Crippen molar-refractivity contribution in [2.75, 3.05) is 0 Å². The number of hydrogen-bond acceptors (Lipinski definition) is 8. The van der Waals surface area contributed by atoms with Crippen LogP contribution in [0.15, 0.2) is 133 Å². The Labute approximate surface area is 394 Å². The van der Waals surface area contributed by atoms with Gasteiger partial charge in [0.1, 0.15) is 0 Å². The number of rotatable bonds is 4. The Kier molecular flexibility index (Phi) is 11.0. The van der Waals surface area contributed by atoms with Gasteiger partial charge in [-0.15, -0.1) is 22.7 Å². The number of benzene rings is 6. The molecular formula is C52H46BIN2O6S2. The van der Waals surface area contributed by atoms with E-state index < -0.39 is 23.2 Å². The van der Waals surface area contributed by atoms with Gasteiger partial charge >= 0.3 is 7.12 Å². The van der Waals surface area contributed by atoms with Crippen molar-refractivity contribution in [2.45, 2.75) is 77.4 Å².